The molecule has 0 aliphatic carbocycles. The van der Waals surface area contributed by atoms with Crippen LogP contribution in [0.25, 0.3) is 0 Å². The lowest BCUT2D eigenvalue weighted by Crippen LogP contribution is -2.51. The van der Waals surface area contributed by atoms with Gasteiger partial charge < -0.3 is 10.4 Å². The van der Waals surface area contributed by atoms with Gasteiger partial charge in [0.2, 0.25) is 0 Å². The quantitative estimate of drug-likeness (QED) is 0.685. The molecule has 1 aliphatic heterocycles. The third-order valence-corrected chi connectivity index (χ3v) is 2.93. The molecule has 1 heterocycles. The van der Waals surface area contributed by atoms with Crippen molar-refractivity contribution in [3.63, 3.8) is 0 Å². The Bertz CT molecular complexity index is 148. The van der Waals surface area contributed by atoms with Crippen LogP contribution in [0.3, 0.4) is 0 Å². The Balaban J connectivity index is 2.30. The van der Waals surface area contributed by atoms with Gasteiger partial charge in [0, 0.05) is 32.3 Å². The lowest BCUT2D eigenvalue weighted by atomic mass is 10.1. The summed E-state index contributed by atoms with van der Waals surface area (Å²) in [6.45, 7) is 9.30. The molecule has 3 nitrogen and oxygen atoms in total. The Hall–Kier alpha value is -0.120. The van der Waals surface area contributed by atoms with Gasteiger partial charge in [-0.2, -0.15) is 0 Å². The Labute approximate surface area is 87.5 Å². The van der Waals surface area contributed by atoms with Gasteiger partial charge >= 0.3 is 0 Å². The van der Waals surface area contributed by atoms with E-state index in [1.165, 1.54) is 13.0 Å². The van der Waals surface area contributed by atoms with E-state index in [1.54, 1.807) is 0 Å². The summed E-state index contributed by atoms with van der Waals surface area (Å²) >= 11 is 0. The van der Waals surface area contributed by atoms with Crippen LogP contribution >= 0.6 is 0 Å². The molecule has 1 fully saturated rings. The van der Waals surface area contributed by atoms with Crippen molar-refractivity contribution in [2.75, 3.05) is 32.8 Å². The molecule has 0 radical (unpaired) electrons. The van der Waals surface area contributed by atoms with Crippen LogP contribution in [0, 0.1) is 5.92 Å². The molecule has 0 aromatic rings. The first-order chi connectivity index (χ1) is 6.74. The van der Waals surface area contributed by atoms with E-state index < -0.39 is 0 Å². The van der Waals surface area contributed by atoms with Gasteiger partial charge in [0.05, 0.1) is 0 Å². The van der Waals surface area contributed by atoms with Crippen molar-refractivity contribution in [3.05, 3.63) is 0 Å². The van der Waals surface area contributed by atoms with E-state index >= 15 is 0 Å². The van der Waals surface area contributed by atoms with Crippen molar-refractivity contribution in [1.82, 2.24) is 10.2 Å². The maximum atomic E-state index is 8.96. The van der Waals surface area contributed by atoms with Crippen LogP contribution in [0.15, 0.2) is 0 Å². The molecule has 0 saturated carbocycles. The summed E-state index contributed by atoms with van der Waals surface area (Å²) < 4.78 is 0. The number of nitrogens with one attached hydrogen (secondary N) is 1. The van der Waals surface area contributed by atoms with Gasteiger partial charge in [-0.15, -0.1) is 0 Å². The first-order valence-corrected chi connectivity index (χ1v) is 5.79. The Morgan fingerprint density at radius 2 is 2.29 bits per heavy atom. The number of hydrogen-bond acceptors (Lipinski definition) is 3. The highest BCUT2D eigenvalue weighted by molar-refractivity contribution is 4.79. The van der Waals surface area contributed by atoms with E-state index in [0.29, 0.717) is 12.6 Å². The minimum absolute atomic E-state index is 0.310. The predicted octanol–water partition coefficient (Wildman–Crippen LogP) is 0.689. The second-order valence-corrected chi connectivity index (χ2v) is 4.59. The summed E-state index contributed by atoms with van der Waals surface area (Å²) in [5.41, 5.74) is 0. The molecule has 0 amide bonds. The van der Waals surface area contributed by atoms with Gasteiger partial charge in [0.25, 0.3) is 0 Å². The summed E-state index contributed by atoms with van der Waals surface area (Å²) in [4.78, 5) is 2.52. The molecule has 0 spiro atoms. The van der Waals surface area contributed by atoms with E-state index in [-0.39, 0.29) is 0 Å². The topological polar surface area (TPSA) is 35.5 Å². The maximum absolute atomic E-state index is 8.96. The van der Waals surface area contributed by atoms with Crippen molar-refractivity contribution >= 4 is 0 Å². The van der Waals surface area contributed by atoms with Gasteiger partial charge in [0.1, 0.15) is 0 Å². The molecule has 1 aliphatic rings. The molecule has 1 saturated heterocycles. The third-order valence-electron chi connectivity index (χ3n) is 2.93. The molecule has 1 unspecified atom stereocenters. The molecule has 0 aromatic carbocycles. The Morgan fingerprint density at radius 3 is 2.93 bits per heavy atom. The molecular weight excluding hydrogens is 176 g/mol. The van der Waals surface area contributed by atoms with Crippen LogP contribution < -0.4 is 5.32 Å². The third kappa shape index (κ3) is 3.95. The Kier molecular flexibility index (Phi) is 5.45. The number of aliphatic hydroxyl groups is 1. The highest BCUT2D eigenvalue weighted by atomic mass is 16.3. The molecule has 3 heteroatoms. The molecule has 1 rings (SSSR count). The minimum Gasteiger partial charge on any atom is -0.396 e. The van der Waals surface area contributed by atoms with Crippen molar-refractivity contribution < 1.29 is 5.11 Å². The predicted molar refractivity (Wildman–Crippen MR) is 59.4 cm³/mol. The van der Waals surface area contributed by atoms with E-state index in [4.69, 9.17) is 5.11 Å². The average molecular weight is 200 g/mol. The zero-order valence-electron chi connectivity index (χ0n) is 9.50. The fourth-order valence-corrected chi connectivity index (χ4v) is 1.96. The van der Waals surface area contributed by atoms with Crippen LogP contribution in [-0.4, -0.2) is 48.8 Å². The summed E-state index contributed by atoms with van der Waals surface area (Å²) in [6.07, 6.45) is 2.17. The van der Waals surface area contributed by atoms with Crippen LogP contribution in [0.2, 0.25) is 0 Å². The van der Waals surface area contributed by atoms with Crippen LogP contribution in [0.4, 0.5) is 0 Å². The fraction of sp³-hybridized carbons (Fsp3) is 1.00. The van der Waals surface area contributed by atoms with Gasteiger partial charge in [-0.1, -0.05) is 13.8 Å². The number of aliphatic hydroxyl groups excluding tert-OH is 1. The van der Waals surface area contributed by atoms with Crippen molar-refractivity contribution in [2.45, 2.75) is 32.7 Å². The summed E-state index contributed by atoms with van der Waals surface area (Å²) in [6, 6.07) is 0.549. The first-order valence-electron chi connectivity index (χ1n) is 5.79. The maximum Gasteiger partial charge on any atom is 0.0446 e. The molecule has 14 heavy (non-hydrogen) atoms. The molecule has 0 aromatic heterocycles. The van der Waals surface area contributed by atoms with Gasteiger partial charge in [-0.05, 0) is 25.3 Å². The largest absolute Gasteiger partial charge is 0.396 e. The lowest BCUT2D eigenvalue weighted by molar-refractivity contribution is 0.125. The zero-order chi connectivity index (χ0) is 10.4. The second-order valence-electron chi connectivity index (χ2n) is 4.59. The molecule has 1 atom stereocenters. The molecule has 0 bridgehead atoms. The van der Waals surface area contributed by atoms with E-state index in [2.05, 4.69) is 24.1 Å². The fourth-order valence-electron chi connectivity index (χ4n) is 1.96. The minimum atomic E-state index is 0.310. The first kappa shape index (κ1) is 12.0. The molecule has 2 N–H and O–H groups in total. The number of nitrogens with zero attached hydrogens (tertiary/aromatic N) is 1. The van der Waals surface area contributed by atoms with Crippen LogP contribution in [0.5, 0.6) is 0 Å². The van der Waals surface area contributed by atoms with Crippen LogP contribution in [0.1, 0.15) is 26.7 Å². The van der Waals surface area contributed by atoms with E-state index in [9.17, 15) is 0 Å². The lowest BCUT2D eigenvalue weighted by Gasteiger charge is -2.36. The smallest absolute Gasteiger partial charge is 0.0446 e. The zero-order valence-corrected chi connectivity index (χ0v) is 9.50. The van der Waals surface area contributed by atoms with Crippen LogP contribution in [-0.2, 0) is 0 Å². The summed E-state index contributed by atoms with van der Waals surface area (Å²) in [7, 11) is 0. The summed E-state index contributed by atoms with van der Waals surface area (Å²) in [5.74, 6) is 0.777. The molecule has 84 valence electrons. The van der Waals surface area contributed by atoms with Gasteiger partial charge in [0.15, 0.2) is 0 Å². The molecular formula is C11H24N2O. The van der Waals surface area contributed by atoms with E-state index in [1.807, 2.05) is 0 Å². The normalized spacial score (nSPS) is 24.4. The number of rotatable bonds is 5. The summed E-state index contributed by atoms with van der Waals surface area (Å²) in [5, 5.41) is 12.3. The van der Waals surface area contributed by atoms with Gasteiger partial charge in [-0.3, -0.25) is 4.90 Å². The van der Waals surface area contributed by atoms with Crippen molar-refractivity contribution in [3.8, 4) is 0 Å². The van der Waals surface area contributed by atoms with E-state index in [0.717, 1.165) is 32.0 Å². The van der Waals surface area contributed by atoms with Crippen molar-refractivity contribution in [2.24, 2.45) is 5.92 Å². The highest BCUT2D eigenvalue weighted by Crippen LogP contribution is 2.10. The monoisotopic (exact) mass is 200 g/mol. The average Bonchev–Trinajstić information content (AvgIpc) is 2.17. The number of hydrogen-bond donors (Lipinski definition) is 2. The SMILES string of the molecule is CC(C)CCN1CCNCC1CCO. The Morgan fingerprint density at radius 1 is 1.50 bits per heavy atom. The standard InChI is InChI=1S/C11H24N2O/c1-10(2)3-6-13-7-5-12-9-11(13)4-8-14/h10-12,14H,3-9H2,1-2H3. The van der Waals surface area contributed by atoms with Gasteiger partial charge in [-0.25, -0.2) is 0 Å². The highest BCUT2D eigenvalue weighted by Gasteiger charge is 2.20. The van der Waals surface area contributed by atoms with Crippen molar-refractivity contribution in [1.29, 1.82) is 0 Å². The number of piperazine rings is 1. The second kappa shape index (κ2) is 6.38.